The average Bonchev–Trinajstić information content (AvgIpc) is 2.10. The monoisotopic (exact) mass is 226 g/mol. The molecule has 0 unspecified atom stereocenters. The predicted octanol–water partition coefficient (Wildman–Crippen LogP) is -0.0261. The van der Waals surface area contributed by atoms with Crippen molar-refractivity contribution in [2.45, 2.75) is 27.2 Å². The van der Waals surface area contributed by atoms with Gasteiger partial charge in [0, 0.05) is 6.42 Å². The van der Waals surface area contributed by atoms with E-state index in [-0.39, 0.29) is 18.1 Å². The van der Waals surface area contributed by atoms with Gasteiger partial charge in [-0.25, -0.2) is 4.79 Å². The Bertz CT molecular complexity index is 353. The van der Waals surface area contributed by atoms with Crippen molar-refractivity contribution in [1.29, 1.82) is 0 Å². The number of nitrogens with one attached hydrogen (secondary N) is 2. The maximum Gasteiger partial charge on any atom is 0.328 e. The van der Waals surface area contributed by atoms with Crippen LogP contribution in [0.2, 0.25) is 0 Å². The highest BCUT2D eigenvalue weighted by molar-refractivity contribution is 6.20. The second-order valence-corrected chi connectivity index (χ2v) is 4.24. The average molecular weight is 226 g/mol. The lowest BCUT2D eigenvalue weighted by molar-refractivity contribution is -0.150. The Balaban J connectivity index is 3.17. The molecule has 1 heterocycles. The van der Waals surface area contributed by atoms with Gasteiger partial charge >= 0.3 is 6.03 Å². The molecule has 6 heteroatoms. The molecule has 0 aromatic carbocycles. The van der Waals surface area contributed by atoms with Crippen LogP contribution in [0.4, 0.5) is 4.79 Å². The molecule has 4 amide bonds. The van der Waals surface area contributed by atoms with E-state index in [1.165, 1.54) is 6.92 Å². The molecular weight excluding hydrogens is 212 g/mol. The number of urea groups is 1. The van der Waals surface area contributed by atoms with Crippen molar-refractivity contribution in [3.8, 4) is 0 Å². The van der Waals surface area contributed by atoms with Crippen LogP contribution in [0, 0.1) is 11.3 Å². The molecule has 1 fully saturated rings. The summed E-state index contributed by atoms with van der Waals surface area (Å²) in [7, 11) is 0. The zero-order valence-corrected chi connectivity index (χ0v) is 9.42. The normalized spacial score (nSPS) is 19.4. The zero-order valence-electron chi connectivity index (χ0n) is 9.42. The number of ketones is 1. The highest BCUT2D eigenvalue weighted by atomic mass is 16.2. The van der Waals surface area contributed by atoms with Crippen LogP contribution in [0.25, 0.3) is 0 Å². The summed E-state index contributed by atoms with van der Waals surface area (Å²) in [6.45, 7) is 4.64. The Morgan fingerprint density at radius 2 is 1.62 bits per heavy atom. The Kier molecular flexibility index (Phi) is 3.11. The number of rotatable bonds is 3. The third-order valence-electron chi connectivity index (χ3n) is 2.78. The summed E-state index contributed by atoms with van der Waals surface area (Å²) in [5.74, 6) is -2.05. The molecular formula is C10H14N2O4. The van der Waals surface area contributed by atoms with Crippen LogP contribution in [-0.4, -0.2) is 23.6 Å². The fraction of sp³-hybridized carbons (Fsp3) is 0.600. The molecule has 0 bridgehead atoms. The molecule has 1 aliphatic rings. The Hall–Kier alpha value is -1.72. The molecule has 0 aromatic rings. The quantitative estimate of drug-likeness (QED) is 0.661. The van der Waals surface area contributed by atoms with Gasteiger partial charge in [0.2, 0.25) is 11.8 Å². The number of imide groups is 2. The van der Waals surface area contributed by atoms with E-state index in [0.29, 0.717) is 0 Å². The number of carbonyl (C=O) groups excluding carboxylic acids is 4. The largest absolute Gasteiger partial charge is 0.328 e. The van der Waals surface area contributed by atoms with Gasteiger partial charge in [0.15, 0.2) is 0 Å². The molecule has 1 rings (SSSR count). The lowest BCUT2D eigenvalue weighted by Gasteiger charge is -2.36. The van der Waals surface area contributed by atoms with Crippen LogP contribution < -0.4 is 10.6 Å². The highest BCUT2D eigenvalue weighted by Gasteiger charge is 2.53. The molecule has 16 heavy (non-hydrogen) atoms. The molecule has 2 N–H and O–H groups in total. The zero-order chi connectivity index (χ0) is 12.5. The first-order chi connectivity index (χ1) is 7.30. The van der Waals surface area contributed by atoms with E-state index in [2.05, 4.69) is 0 Å². The van der Waals surface area contributed by atoms with E-state index < -0.39 is 23.3 Å². The first-order valence-corrected chi connectivity index (χ1v) is 4.97. The molecule has 6 nitrogen and oxygen atoms in total. The molecule has 1 saturated heterocycles. The van der Waals surface area contributed by atoms with Crippen LogP contribution in [0.3, 0.4) is 0 Å². The Morgan fingerprint density at radius 3 is 1.94 bits per heavy atom. The van der Waals surface area contributed by atoms with Gasteiger partial charge < -0.3 is 0 Å². The van der Waals surface area contributed by atoms with Gasteiger partial charge in [-0.15, -0.1) is 0 Å². The Labute approximate surface area is 92.8 Å². The fourth-order valence-electron chi connectivity index (χ4n) is 1.85. The van der Waals surface area contributed by atoms with Crippen LogP contribution in [0.15, 0.2) is 0 Å². The summed E-state index contributed by atoms with van der Waals surface area (Å²) >= 11 is 0. The summed E-state index contributed by atoms with van der Waals surface area (Å²) in [6.07, 6.45) is -0.199. The van der Waals surface area contributed by atoms with Crippen molar-refractivity contribution in [3.05, 3.63) is 0 Å². The maximum atomic E-state index is 11.8. The van der Waals surface area contributed by atoms with Crippen molar-refractivity contribution < 1.29 is 19.2 Å². The van der Waals surface area contributed by atoms with Crippen molar-refractivity contribution in [2.75, 3.05) is 0 Å². The minimum atomic E-state index is -1.47. The first-order valence-electron chi connectivity index (χ1n) is 4.97. The van der Waals surface area contributed by atoms with Gasteiger partial charge in [-0.2, -0.15) is 0 Å². The van der Waals surface area contributed by atoms with E-state index in [9.17, 15) is 19.2 Å². The topological polar surface area (TPSA) is 92.3 Å². The van der Waals surface area contributed by atoms with Crippen molar-refractivity contribution in [3.63, 3.8) is 0 Å². The predicted molar refractivity (Wildman–Crippen MR) is 54.3 cm³/mol. The lowest BCUT2D eigenvalue weighted by Crippen LogP contribution is -2.64. The molecule has 0 aromatic heterocycles. The number of Topliss-reactive ketones (excluding diaryl/α,β-unsaturated/α-hetero) is 1. The van der Waals surface area contributed by atoms with Gasteiger partial charge in [0.1, 0.15) is 11.2 Å². The summed E-state index contributed by atoms with van der Waals surface area (Å²) in [4.78, 5) is 45.6. The van der Waals surface area contributed by atoms with E-state index in [1.807, 2.05) is 10.6 Å². The molecule has 1 aliphatic heterocycles. The first kappa shape index (κ1) is 12.4. The van der Waals surface area contributed by atoms with E-state index in [0.717, 1.165) is 0 Å². The number of carbonyl (C=O) groups is 4. The van der Waals surface area contributed by atoms with E-state index >= 15 is 0 Å². The van der Waals surface area contributed by atoms with Crippen molar-refractivity contribution in [2.24, 2.45) is 11.3 Å². The van der Waals surface area contributed by atoms with Crippen LogP contribution in [-0.2, 0) is 14.4 Å². The maximum absolute atomic E-state index is 11.8. The highest BCUT2D eigenvalue weighted by Crippen LogP contribution is 2.34. The van der Waals surface area contributed by atoms with Crippen LogP contribution in [0.5, 0.6) is 0 Å². The second kappa shape index (κ2) is 4.03. The molecule has 0 saturated carbocycles. The van der Waals surface area contributed by atoms with Crippen molar-refractivity contribution in [1.82, 2.24) is 10.6 Å². The Morgan fingerprint density at radius 1 is 1.19 bits per heavy atom. The number of amides is 4. The summed E-state index contributed by atoms with van der Waals surface area (Å²) in [5, 5.41) is 4.05. The van der Waals surface area contributed by atoms with Gasteiger partial charge in [0.05, 0.1) is 0 Å². The summed E-state index contributed by atoms with van der Waals surface area (Å²) in [6, 6.07) is -0.838. The second-order valence-electron chi connectivity index (χ2n) is 4.24. The third kappa shape index (κ3) is 1.82. The minimum Gasteiger partial charge on any atom is -0.300 e. The molecule has 0 atom stereocenters. The summed E-state index contributed by atoms with van der Waals surface area (Å²) < 4.78 is 0. The van der Waals surface area contributed by atoms with Crippen LogP contribution in [0.1, 0.15) is 27.2 Å². The van der Waals surface area contributed by atoms with Gasteiger partial charge in [-0.3, -0.25) is 25.0 Å². The van der Waals surface area contributed by atoms with E-state index in [1.54, 1.807) is 13.8 Å². The molecule has 0 radical (unpaired) electrons. The van der Waals surface area contributed by atoms with Gasteiger partial charge in [0.25, 0.3) is 0 Å². The molecule has 0 aliphatic carbocycles. The van der Waals surface area contributed by atoms with Gasteiger partial charge in [-0.1, -0.05) is 13.8 Å². The third-order valence-corrected chi connectivity index (χ3v) is 2.78. The smallest absolute Gasteiger partial charge is 0.300 e. The standard InChI is InChI=1S/C10H14N2O4/c1-5(2)10(4-6(3)13)7(14)11-9(16)12-8(10)15/h5H,4H2,1-3H3,(H2,11,12,14,15,16). The summed E-state index contributed by atoms with van der Waals surface area (Å²) in [5.41, 5.74) is -1.47. The number of barbiturate groups is 1. The number of hydrogen-bond donors (Lipinski definition) is 2. The molecule has 0 spiro atoms. The fourth-order valence-corrected chi connectivity index (χ4v) is 1.85. The SMILES string of the molecule is CC(=O)CC1(C(C)C)C(=O)NC(=O)NC1=O. The number of hydrogen-bond acceptors (Lipinski definition) is 4. The van der Waals surface area contributed by atoms with Crippen molar-refractivity contribution >= 4 is 23.6 Å². The van der Waals surface area contributed by atoms with Crippen LogP contribution >= 0.6 is 0 Å². The minimum absolute atomic E-state index is 0.199. The van der Waals surface area contributed by atoms with E-state index in [4.69, 9.17) is 0 Å². The van der Waals surface area contributed by atoms with Gasteiger partial charge in [-0.05, 0) is 12.8 Å². The molecule has 88 valence electrons. The lowest BCUT2D eigenvalue weighted by atomic mass is 9.71.